The van der Waals surface area contributed by atoms with Crippen molar-refractivity contribution in [2.24, 2.45) is 5.41 Å². The van der Waals surface area contributed by atoms with E-state index in [1.807, 2.05) is 19.9 Å². The molecule has 0 saturated heterocycles. The maximum absolute atomic E-state index is 13.1. The van der Waals surface area contributed by atoms with Gasteiger partial charge in [0.05, 0.1) is 0 Å². The molecule has 0 aliphatic carbocycles. The fourth-order valence-corrected chi connectivity index (χ4v) is 2.06. The van der Waals surface area contributed by atoms with Crippen LogP contribution >= 0.6 is 0 Å². The zero-order chi connectivity index (χ0) is 13.9. The maximum Gasteiger partial charge on any atom is 0.123 e. The molecule has 100 valence electrons. The Balaban J connectivity index is 0.000000771. The van der Waals surface area contributed by atoms with Crippen molar-refractivity contribution in [2.45, 2.75) is 48.0 Å². The van der Waals surface area contributed by atoms with Gasteiger partial charge in [-0.3, -0.25) is 0 Å². The number of benzene rings is 1. The van der Waals surface area contributed by atoms with Crippen LogP contribution in [-0.2, 0) is 6.42 Å². The van der Waals surface area contributed by atoms with Crippen LogP contribution in [0.25, 0.3) is 10.9 Å². The lowest BCUT2D eigenvalue weighted by Crippen LogP contribution is -2.10. The molecule has 0 bridgehead atoms. The van der Waals surface area contributed by atoms with Gasteiger partial charge in [0.25, 0.3) is 0 Å². The lowest BCUT2D eigenvalue weighted by molar-refractivity contribution is 0.406. The number of aryl methyl sites for hydroxylation is 1. The molecule has 2 heteroatoms. The third-order valence-electron chi connectivity index (χ3n) is 2.83. The molecule has 0 aliphatic heterocycles. The average Bonchev–Trinajstić information content (AvgIpc) is 2.57. The second kappa shape index (κ2) is 5.55. The van der Waals surface area contributed by atoms with Crippen LogP contribution < -0.4 is 0 Å². The lowest BCUT2D eigenvalue weighted by Gasteiger charge is -2.17. The molecule has 18 heavy (non-hydrogen) atoms. The van der Waals surface area contributed by atoms with Crippen molar-refractivity contribution in [3.63, 3.8) is 0 Å². The van der Waals surface area contributed by atoms with Crippen molar-refractivity contribution in [1.82, 2.24) is 4.98 Å². The Hall–Kier alpha value is -1.31. The number of fused-ring (bicyclic) bond motifs is 1. The molecule has 1 N–H and O–H groups in total. The molecular formula is C16H24FN. The first kappa shape index (κ1) is 14.7. The summed E-state index contributed by atoms with van der Waals surface area (Å²) in [6.07, 6.45) is 0.981. The van der Waals surface area contributed by atoms with Crippen molar-refractivity contribution in [2.75, 3.05) is 0 Å². The number of aromatic nitrogens is 1. The Morgan fingerprint density at radius 2 is 1.78 bits per heavy atom. The van der Waals surface area contributed by atoms with Crippen LogP contribution in [0, 0.1) is 18.2 Å². The van der Waals surface area contributed by atoms with Gasteiger partial charge in [-0.25, -0.2) is 4.39 Å². The summed E-state index contributed by atoms with van der Waals surface area (Å²) in [6.45, 7) is 12.7. The van der Waals surface area contributed by atoms with E-state index in [0.29, 0.717) is 0 Å². The normalized spacial score (nSPS) is 11.3. The molecule has 0 saturated carbocycles. The lowest BCUT2D eigenvalue weighted by atomic mass is 9.89. The van der Waals surface area contributed by atoms with Gasteiger partial charge in [-0.2, -0.15) is 0 Å². The summed E-state index contributed by atoms with van der Waals surface area (Å²) in [4.78, 5) is 3.38. The molecule has 0 aliphatic rings. The van der Waals surface area contributed by atoms with Crippen molar-refractivity contribution in [3.05, 3.63) is 35.3 Å². The number of H-pyrrole nitrogens is 1. The topological polar surface area (TPSA) is 15.8 Å². The summed E-state index contributed by atoms with van der Waals surface area (Å²) in [5.41, 5.74) is 3.65. The van der Waals surface area contributed by atoms with Crippen LogP contribution in [0.3, 0.4) is 0 Å². The first-order valence-electron chi connectivity index (χ1n) is 6.63. The Kier molecular flexibility index (Phi) is 4.55. The minimum absolute atomic E-state index is 0.170. The highest BCUT2D eigenvalue weighted by atomic mass is 19.1. The van der Waals surface area contributed by atoms with E-state index >= 15 is 0 Å². The van der Waals surface area contributed by atoms with Gasteiger partial charge in [0.15, 0.2) is 0 Å². The number of halogens is 1. The fourth-order valence-electron chi connectivity index (χ4n) is 2.06. The predicted octanol–water partition coefficient (Wildman–Crippen LogP) is 5.23. The number of hydrogen-bond acceptors (Lipinski definition) is 0. The molecule has 1 aromatic carbocycles. The van der Waals surface area contributed by atoms with E-state index in [4.69, 9.17) is 0 Å². The van der Waals surface area contributed by atoms with E-state index in [9.17, 15) is 4.39 Å². The molecule has 1 aromatic heterocycles. The molecule has 0 unspecified atom stereocenters. The Labute approximate surface area is 109 Å². The number of nitrogens with one attached hydrogen (secondary N) is 1. The van der Waals surface area contributed by atoms with E-state index in [-0.39, 0.29) is 11.2 Å². The van der Waals surface area contributed by atoms with E-state index in [1.54, 1.807) is 6.07 Å². The summed E-state index contributed by atoms with van der Waals surface area (Å²) in [5.74, 6) is -0.170. The molecule has 0 atom stereocenters. The first-order valence-corrected chi connectivity index (χ1v) is 6.63. The molecule has 0 fully saturated rings. The molecular weight excluding hydrogens is 225 g/mol. The maximum atomic E-state index is 13.1. The fraction of sp³-hybridized carbons (Fsp3) is 0.500. The smallest absolute Gasteiger partial charge is 0.123 e. The number of rotatable bonds is 1. The third kappa shape index (κ3) is 3.34. The largest absolute Gasteiger partial charge is 0.358 e. The third-order valence-corrected chi connectivity index (χ3v) is 2.83. The summed E-state index contributed by atoms with van der Waals surface area (Å²) in [7, 11) is 0. The SMILES string of the molecule is CC.Cc1c(CC(C)(C)C)[nH]c2ccc(F)cc12. The summed E-state index contributed by atoms with van der Waals surface area (Å²) < 4.78 is 13.1. The van der Waals surface area contributed by atoms with Gasteiger partial charge in [0.1, 0.15) is 5.82 Å². The van der Waals surface area contributed by atoms with Crippen LogP contribution in [0.2, 0.25) is 0 Å². The summed E-state index contributed by atoms with van der Waals surface area (Å²) in [6, 6.07) is 4.91. The van der Waals surface area contributed by atoms with Crippen molar-refractivity contribution in [3.8, 4) is 0 Å². The zero-order valence-corrected chi connectivity index (χ0v) is 12.3. The summed E-state index contributed by atoms with van der Waals surface area (Å²) in [5, 5.41) is 0.999. The van der Waals surface area contributed by atoms with Crippen LogP contribution in [0.15, 0.2) is 18.2 Å². The van der Waals surface area contributed by atoms with Gasteiger partial charge in [0.2, 0.25) is 0 Å². The monoisotopic (exact) mass is 249 g/mol. The second-order valence-corrected chi connectivity index (χ2v) is 5.66. The highest BCUT2D eigenvalue weighted by Gasteiger charge is 2.16. The molecule has 1 nitrogen and oxygen atoms in total. The second-order valence-electron chi connectivity index (χ2n) is 5.66. The van der Waals surface area contributed by atoms with Crippen LogP contribution in [0.1, 0.15) is 45.9 Å². The van der Waals surface area contributed by atoms with E-state index in [0.717, 1.165) is 17.3 Å². The number of aromatic amines is 1. The van der Waals surface area contributed by atoms with Crippen molar-refractivity contribution >= 4 is 10.9 Å². The van der Waals surface area contributed by atoms with Gasteiger partial charge >= 0.3 is 0 Å². The average molecular weight is 249 g/mol. The predicted molar refractivity (Wildman–Crippen MR) is 77.5 cm³/mol. The quantitative estimate of drug-likeness (QED) is 0.712. The van der Waals surface area contributed by atoms with Crippen molar-refractivity contribution < 1.29 is 4.39 Å². The van der Waals surface area contributed by atoms with Gasteiger partial charge in [0, 0.05) is 16.6 Å². The molecule has 2 rings (SSSR count). The zero-order valence-electron chi connectivity index (χ0n) is 12.3. The van der Waals surface area contributed by atoms with Crippen molar-refractivity contribution in [1.29, 1.82) is 0 Å². The van der Waals surface area contributed by atoms with Gasteiger partial charge < -0.3 is 4.98 Å². The van der Waals surface area contributed by atoms with Crippen LogP contribution in [0.4, 0.5) is 4.39 Å². The van der Waals surface area contributed by atoms with Gasteiger partial charge in [-0.05, 0) is 42.5 Å². The van der Waals surface area contributed by atoms with E-state index in [2.05, 4.69) is 32.7 Å². The first-order chi connectivity index (χ1) is 8.37. The van der Waals surface area contributed by atoms with Crippen LogP contribution in [-0.4, -0.2) is 4.98 Å². The molecule has 2 aromatic rings. The minimum atomic E-state index is -0.170. The Morgan fingerprint density at radius 1 is 1.17 bits per heavy atom. The molecule has 0 radical (unpaired) electrons. The van der Waals surface area contributed by atoms with Crippen LogP contribution in [0.5, 0.6) is 0 Å². The minimum Gasteiger partial charge on any atom is -0.358 e. The molecule has 0 spiro atoms. The molecule has 0 amide bonds. The highest BCUT2D eigenvalue weighted by Crippen LogP contribution is 2.27. The highest BCUT2D eigenvalue weighted by molar-refractivity contribution is 5.84. The van der Waals surface area contributed by atoms with Gasteiger partial charge in [-0.1, -0.05) is 34.6 Å². The number of hydrogen-bond donors (Lipinski definition) is 1. The Bertz CT molecular complexity index is 518. The standard InChI is InChI=1S/C14H18FN.C2H6/c1-9-11-7-10(15)5-6-12(11)16-13(9)8-14(2,3)4;1-2/h5-7,16H,8H2,1-4H3;1-2H3. The Morgan fingerprint density at radius 3 is 2.33 bits per heavy atom. The van der Waals surface area contributed by atoms with E-state index < -0.39 is 0 Å². The van der Waals surface area contributed by atoms with E-state index in [1.165, 1.54) is 17.3 Å². The van der Waals surface area contributed by atoms with Gasteiger partial charge in [-0.15, -0.1) is 0 Å². The summed E-state index contributed by atoms with van der Waals surface area (Å²) >= 11 is 0. The molecule has 1 heterocycles.